The average molecular weight is 359 g/mol. The van der Waals surface area contributed by atoms with Crippen LogP contribution in [0.1, 0.15) is 16.7 Å². The molecule has 0 radical (unpaired) electrons. The number of carbonyl (C=O) groups is 1. The fourth-order valence-corrected chi connectivity index (χ4v) is 3.40. The molecule has 138 valence electrons. The molecule has 0 aliphatic heterocycles. The molecule has 0 heterocycles. The highest BCUT2D eigenvalue weighted by molar-refractivity contribution is 5.79. The molecule has 2 N–H and O–H groups in total. The van der Waals surface area contributed by atoms with Crippen molar-refractivity contribution in [3.63, 3.8) is 0 Å². The van der Waals surface area contributed by atoms with Gasteiger partial charge in [-0.25, -0.2) is 0 Å². The molecule has 0 fully saturated rings. The van der Waals surface area contributed by atoms with E-state index in [2.05, 4.69) is 5.32 Å². The van der Waals surface area contributed by atoms with Gasteiger partial charge in [-0.1, -0.05) is 91.0 Å². The molecule has 3 heteroatoms. The molecule has 0 unspecified atom stereocenters. The van der Waals surface area contributed by atoms with Gasteiger partial charge in [0.1, 0.15) is 0 Å². The van der Waals surface area contributed by atoms with Crippen LogP contribution in [-0.4, -0.2) is 23.2 Å². The smallest absolute Gasteiger partial charge is 0.224 e. The summed E-state index contributed by atoms with van der Waals surface area (Å²) in [6.45, 7) is -0.128. The number of hydrogen-bond donors (Lipinski definition) is 2. The van der Waals surface area contributed by atoms with E-state index in [0.717, 1.165) is 16.7 Å². The first kappa shape index (κ1) is 18.9. The van der Waals surface area contributed by atoms with Gasteiger partial charge in [-0.3, -0.25) is 4.79 Å². The quantitative estimate of drug-likeness (QED) is 0.646. The Kier molecular flexibility index (Phi) is 6.39. The van der Waals surface area contributed by atoms with Crippen molar-refractivity contribution in [2.75, 3.05) is 6.61 Å². The molecule has 3 nitrogen and oxygen atoms in total. The van der Waals surface area contributed by atoms with E-state index >= 15 is 0 Å². The van der Waals surface area contributed by atoms with E-state index in [1.54, 1.807) is 0 Å². The molecule has 3 aromatic carbocycles. The molecule has 3 rings (SSSR count). The van der Waals surface area contributed by atoms with E-state index < -0.39 is 5.54 Å². The van der Waals surface area contributed by atoms with Crippen LogP contribution in [0.3, 0.4) is 0 Å². The number of hydrogen-bond acceptors (Lipinski definition) is 2. The number of aliphatic hydroxyl groups excluding tert-OH is 1. The van der Waals surface area contributed by atoms with Crippen molar-refractivity contribution in [2.24, 2.45) is 0 Å². The van der Waals surface area contributed by atoms with Crippen LogP contribution in [0.15, 0.2) is 91.0 Å². The van der Waals surface area contributed by atoms with Gasteiger partial charge >= 0.3 is 0 Å². The maximum absolute atomic E-state index is 12.7. The lowest BCUT2D eigenvalue weighted by Gasteiger charge is -2.34. The molecular weight excluding hydrogens is 334 g/mol. The molecule has 27 heavy (non-hydrogen) atoms. The van der Waals surface area contributed by atoms with Gasteiger partial charge in [0.25, 0.3) is 0 Å². The largest absolute Gasteiger partial charge is 0.394 e. The number of carbonyl (C=O) groups excluding carboxylic acids is 1. The summed E-state index contributed by atoms with van der Waals surface area (Å²) in [6.07, 6.45) is 1.44. The first-order chi connectivity index (χ1) is 13.2. The summed E-state index contributed by atoms with van der Waals surface area (Å²) in [5, 5.41) is 13.4. The summed E-state index contributed by atoms with van der Waals surface area (Å²) in [4.78, 5) is 12.7. The van der Waals surface area contributed by atoms with Crippen molar-refractivity contribution in [3.05, 3.63) is 108 Å². The molecule has 0 atom stereocenters. The topological polar surface area (TPSA) is 49.3 Å². The fraction of sp³-hybridized carbons (Fsp3) is 0.208. The lowest BCUT2D eigenvalue weighted by Crippen LogP contribution is -2.55. The highest BCUT2D eigenvalue weighted by Gasteiger charge is 2.32. The highest BCUT2D eigenvalue weighted by Crippen LogP contribution is 2.20. The number of rotatable bonds is 8. The van der Waals surface area contributed by atoms with Gasteiger partial charge in [0.15, 0.2) is 0 Å². The molecule has 0 aliphatic carbocycles. The predicted molar refractivity (Wildman–Crippen MR) is 108 cm³/mol. The van der Waals surface area contributed by atoms with Crippen molar-refractivity contribution in [1.29, 1.82) is 0 Å². The lowest BCUT2D eigenvalue weighted by molar-refractivity contribution is -0.123. The number of amides is 1. The summed E-state index contributed by atoms with van der Waals surface area (Å²) in [6, 6.07) is 29.6. The summed E-state index contributed by atoms with van der Waals surface area (Å²) < 4.78 is 0. The van der Waals surface area contributed by atoms with E-state index in [1.807, 2.05) is 91.0 Å². The maximum atomic E-state index is 12.7. The molecule has 0 saturated heterocycles. The van der Waals surface area contributed by atoms with Crippen molar-refractivity contribution < 1.29 is 9.90 Å². The highest BCUT2D eigenvalue weighted by atomic mass is 16.3. The summed E-state index contributed by atoms with van der Waals surface area (Å²) in [7, 11) is 0. The second kappa shape index (κ2) is 9.15. The molecule has 0 aromatic heterocycles. The second-order valence-corrected chi connectivity index (χ2v) is 6.97. The van der Waals surface area contributed by atoms with Crippen LogP contribution in [-0.2, 0) is 24.1 Å². The SMILES string of the molecule is O=C(Cc1ccccc1)NC(CO)(Cc1ccccc1)Cc1ccccc1. The van der Waals surface area contributed by atoms with Crippen molar-refractivity contribution >= 4 is 5.91 Å². The van der Waals surface area contributed by atoms with Gasteiger partial charge < -0.3 is 10.4 Å². The number of nitrogens with one attached hydrogen (secondary N) is 1. The molecular formula is C24H25NO2. The zero-order valence-electron chi connectivity index (χ0n) is 15.3. The maximum Gasteiger partial charge on any atom is 0.224 e. The third-order valence-electron chi connectivity index (χ3n) is 4.69. The molecule has 0 aliphatic rings. The van der Waals surface area contributed by atoms with Gasteiger partial charge in [0, 0.05) is 0 Å². The van der Waals surface area contributed by atoms with Crippen LogP contribution >= 0.6 is 0 Å². The number of aliphatic hydroxyl groups is 1. The Bertz CT molecular complexity index is 791. The molecule has 3 aromatic rings. The van der Waals surface area contributed by atoms with Gasteiger partial charge in [-0.15, -0.1) is 0 Å². The normalized spacial score (nSPS) is 11.1. The van der Waals surface area contributed by atoms with E-state index in [4.69, 9.17) is 0 Å². The monoisotopic (exact) mass is 359 g/mol. The minimum Gasteiger partial charge on any atom is -0.394 e. The Morgan fingerprint density at radius 1 is 0.704 bits per heavy atom. The summed E-state index contributed by atoms with van der Waals surface area (Å²) >= 11 is 0. The van der Waals surface area contributed by atoms with Gasteiger partial charge in [-0.2, -0.15) is 0 Å². The fourth-order valence-electron chi connectivity index (χ4n) is 3.40. The van der Waals surface area contributed by atoms with Crippen LogP contribution in [0.2, 0.25) is 0 Å². The van der Waals surface area contributed by atoms with Crippen molar-refractivity contribution in [2.45, 2.75) is 24.8 Å². The standard InChI is InChI=1S/C24H25NO2/c26-19-24(17-21-12-6-2-7-13-21,18-22-14-8-3-9-15-22)25-23(27)16-20-10-4-1-5-11-20/h1-15,26H,16-19H2,(H,25,27). The van der Waals surface area contributed by atoms with Crippen molar-refractivity contribution in [3.8, 4) is 0 Å². The van der Waals surface area contributed by atoms with Crippen LogP contribution in [0, 0.1) is 0 Å². The molecule has 0 bridgehead atoms. The Balaban J connectivity index is 1.82. The van der Waals surface area contributed by atoms with Gasteiger partial charge in [0.05, 0.1) is 18.6 Å². The van der Waals surface area contributed by atoms with E-state index in [1.165, 1.54) is 0 Å². The Morgan fingerprint density at radius 2 is 1.11 bits per heavy atom. The van der Waals surface area contributed by atoms with E-state index in [-0.39, 0.29) is 12.5 Å². The molecule has 1 amide bonds. The van der Waals surface area contributed by atoms with Crippen LogP contribution in [0.5, 0.6) is 0 Å². The van der Waals surface area contributed by atoms with Crippen LogP contribution in [0.4, 0.5) is 0 Å². The summed E-state index contributed by atoms with van der Waals surface area (Å²) in [5.41, 5.74) is 2.39. The third kappa shape index (κ3) is 5.53. The van der Waals surface area contributed by atoms with E-state index in [0.29, 0.717) is 19.3 Å². The zero-order chi connectivity index (χ0) is 19.0. The first-order valence-corrected chi connectivity index (χ1v) is 9.23. The number of benzene rings is 3. The summed E-state index contributed by atoms with van der Waals surface area (Å²) in [5.74, 6) is -0.0814. The van der Waals surface area contributed by atoms with E-state index in [9.17, 15) is 9.90 Å². The Morgan fingerprint density at radius 3 is 1.52 bits per heavy atom. The second-order valence-electron chi connectivity index (χ2n) is 6.97. The van der Waals surface area contributed by atoms with Gasteiger partial charge in [-0.05, 0) is 29.5 Å². The Hall–Kier alpha value is -2.91. The van der Waals surface area contributed by atoms with Gasteiger partial charge in [0.2, 0.25) is 5.91 Å². The predicted octanol–water partition coefficient (Wildman–Crippen LogP) is 3.56. The van der Waals surface area contributed by atoms with Crippen LogP contribution < -0.4 is 5.32 Å². The van der Waals surface area contributed by atoms with Crippen LogP contribution in [0.25, 0.3) is 0 Å². The average Bonchev–Trinajstić information content (AvgIpc) is 2.70. The minimum atomic E-state index is -0.741. The Labute approximate surface area is 160 Å². The minimum absolute atomic E-state index is 0.0814. The molecule has 0 spiro atoms. The first-order valence-electron chi connectivity index (χ1n) is 9.23. The van der Waals surface area contributed by atoms with Crippen molar-refractivity contribution in [1.82, 2.24) is 5.32 Å². The molecule has 0 saturated carbocycles. The zero-order valence-corrected chi connectivity index (χ0v) is 15.3. The third-order valence-corrected chi connectivity index (χ3v) is 4.69. The lowest BCUT2D eigenvalue weighted by atomic mass is 9.85.